The van der Waals surface area contributed by atoms with E-state index >= 15 is 0 Å². The number of hydrogen-bond acceptors (Lipinski definition) is 1. The fourth-order valence-corrected chi connectivity index (χ4v) is 6.02. The van der Waals surface area contributed by atoms with Crippen LogP contribution in [-0.4, -0.2) is 18.0 Å². The van der Waals surface area contributed by atoms with Crippen LogP contribution in [0.1, 0.15) is 55.5 Å². The van der Waals surface area contributed by atoms with Gasteiger partial charge in [0.1, 0.15) is 0 Å². The first kappa shape index (κ1) is 21.7. The van der Waals surface area contributed by atoms with Gasteiger partial charge in [0.05, 0.1) is 5.41 Å². The molecule has 5 rings (SSSR count). The Kier molecular flexibility index (Phi) is 5.46. The predicted molar refractivity (Wildman–Crippen MR) is 140 cm³/mol. The second-order valence-electron chi connectivity index (χ2n) is 9.52. The molecule has 1 aliphatic rings. The molecule has 0 unspecified atom stereocenters. The van der Waals surface area contributed by atoms with Crippen molar-refractivity contribution in [3.8, 4) is 11.1 Å². The third-order valence-corrected chi connectivity index (χ3v) is 7.72. The lowest BCUT2D eigenvalue weighted by molar-refractivity contribution is 0.135. The van der Waals surface area contributed by atoms with Gasteiger partial charge in [-0.3, -0.25) is 4.90 Å². The van der Waals surface area contributed by atoms with Crippen LogP contribution in [0.5, 0.6) is 0 Å². The van der Waals surface area contributed by atoms with Crippen molar-refractivity contribution in [1.29, 1.82) is 0 Å². The van der Waals surface area contributed by atoms with Crippen molar-refractivity contribution in [2.45, 2.75) is 38.6 Å². The van der Waals surface area contributed by atoms with Crippen molar-refractivity contribution < 1.29 is 0 Å². The SMILES string of the molecule is CCN(CC)C(C)(C)c1ccc2c(c1)C(c1ccccc1)(c1ccccc1)c1ccccc1-2. The third-order valence-electron chi connectivity index (χ3n) is 7.72. The summed E-state index contributed by atoms with van der Waals surface area (Å²) in [6, 6.07) is 38.3. The minimum atomic E-state index is -0.330. The summed E-state index contributed by atoms with van der Waals surface area (Å²) in [7, 11) is 0. The van der Waals surface area contributed by atoms with E-state index in [4.69, 9.17) is 0 Å². The van der Waals surface area contributed by atoms with Crippen molar-refractivity contribution in [1.82, 2.24) is 4.90 Å². The van der Waals surface area contributed by atoms with E-state index in [1.54, 1.807) is 0 Å². The van der Waals surface area contributed by atoms with Crippen LogP contribution in [0.2, 0.25) is 0 Å². The first-order valence-corrected chi connectivity index (χ1v) is 12.2. The highest BCUT2D eigenvalue weighted by molar-refractivity contribution is 5.86. The van der Waals surface area contributed by atoms with Crippen LogP contribution in [0, 0.1) is 0 Å². The topological polar surface area (TPSA) is 3.24 Å². The summed E-state index contributed by atoms with van der Waals surface area (Å²) in [5.74, 6) is 0. The maximum absolute atomic E-state index is 2.55. The molecule has 0 aromatic heterocycles. The molecule has 0 radical (unpaired) electrons. The van der Waals surface area contributed by atoms with Gasteiger partial charge >= 0.3 is 0 Å². The standard InChI is InChI=1S/C32H33N/c1-5-33(6-2)31(3,4)26-21-22-28-27-19-13-14-20-29(27)32(30(28)23-26,24-15-9-7-10-16-24)25-17-11-8-12-18-25/h7-23H,5-6H2,1-4H3. The highest BCUT2D eigenvalue weighted by Gasteiger charge is 2.46. The molecule has 0 saturated carbocycles. The van der Waals surface area contributed by atoms with Gasteiger partial charge in [-0.1, -0.05) is 117 Å². The van der Waals surface area contributed by atoms with Crippen LogP contribution >= 0.6 is 0 Å². The van der Waals surface area contributed by atoms with Gasteiger partial charge in [-0.2, -0.15) is 0 Å². The fraction of sp³-hybridized carbons (Fsp3) is 0.250. The second-order valence-corrected chi connectivity index (χ2v) is 9.52. The van der Waals surface area contributed by atoms with Crippen LogP contribution in [0.15, 0.2) is 103 Å². The van der Waals surface area contributed by atoms with Crippen LogP contribution in [0.3, 0.4) is 0 Å². The van der Waals surface area contributed by atoms with E-state index in [-0.39, 0.29) is 11.0 Å². The van der Waals surface area contributed by atoms with Gasteiger partial charge in [-0.25, -0.2) is 0 Å². The van der Waals surface area contributed by atoms with Crippen molar-refractivity contribution >= 4 is 0 Å². The maximum atomic E-state index is 2.55. The Hall–Kier alpha value is -3.16. The van der Waals surface area contributed by atoms with E-state index in [1.807, 2.05) is 0 Å². The summed E-state index contributed by atoms with van der Waals surface area (Å²) < 4.78 is 0. The molecule has 0 fully saturated rings. The molecule has 0 atom stereocenters. The zero-order chi connectivity index (χ0) is 23.1. The smallest absolute Gasteiger partial charge is 0.0713 e. The number of fused-ring (bicyclic) bond motifs is 3. The van der Waals surface area contributed by atoms with Crippen molar-refractivity contribution in [2.75, 3.05) is 13.1 Å². The van der Waals surface area contributed by atoms with Gasteiger partial charge in [0, 0.05) is 5.54 Å². The normalized spacial score (nSPS) is 14.2. The second kappa shape index (κ2) is 8.32. The maximum Gasteiger partial charge on any atom is 0.0713 e. The molecule has 1 heteroatoms. The summed E-state index contributed by atoms with van der Waals surface area (Å²) >= 11 is 0. The Bertz CT molecular complexity index is 1210. The number of hydrogen-bond donors (Lipinski definition) is 0. The molecule has 166 valence electrons. The Morgan fingerprint density at radius 2 is 1.12 bits per heavy atom. The number of nitrogens with zero attached hydrogens (tertiary/aromatic N) is 1. The van der Waals surface area contributed by atoms with E-state index in [0.717, 1.165) is 13.1 Å². The summed E-state index contributed by atoms with van der Waals surface area (Å²) in [5, 5.41) is 0. The minimum absolute atomic E-state index is 0.0492. The largest absolute Gasteiger partial charge is 0.295 e. The highest BCUT2D eigenvalue weighted by Crippen LogP contribution is 2.56. The summed E-state index contributed by atoms with van der Waals surface area (Å²) in [5.41, 5.74) is 9.07. The molecule has 4 aromatic rings. The first-order valence-electron chi connectivity index (χ1n) is 12.2. The molecular formula is C32H33N. The lowest BCUT2D eigenvalue weighted by Gasteiger charge is -2.39. The van der Waals surface area contributed by atoms with Gasteiger partial charge in [0.2, 0.25) is 0 Å². The average Bonchev–Trinajstić information content (AvgIpc) is 3.16. The van der Waals surface area contributed by atoms with Gasteiger partial charge in [-0.15, -0.1) is 0 Å². The first-order chi connectivity index (χ1) is 16.0. The lowest BCUT2D eigenvalue weighted by Crippen LogP contribution is -2.41. The molecule has 0 heterocycles. The molecular weight excluding hydrogens is 398 g/mol. The van der Waals surface area contributed by atoms with Crippen LogP contribution in [-0.2, 0) is 11.0 Å². The van der Waals surface area contributed by atoms with E-state index in [0.29, 0.717) is 0 Å². The Balaban J connectivity index is 1.87. The molecule has 0 N–H and O–H groups in total. The Labute approximate surface area is 198 Å². The summed E-state index contributed by atoms with van der Waals surface area (Å²) in [6.45, 7) is 11.3. The molecule has 0 amide bonds. The lowest BCUT2D eigenvalue weighted by atomic mass is 9.67. The average molecular weight is 432 g/mol. The number of benzene rings is 4. The Morgan fingerprint density at radius 3 is 1.70 bits per heavy atom. The molecule has 0 bridgehead atoms. The Morgan fingerprint density at radius 1 is 0.606 bits per heavy atom. The van der Waals surface area contributed by atoms with E-state index < -0.39 is 0 Å². The predicted octanol–water partition coefficient (Wildman–Crippen LogP) is 7.63. The zero-order valence-corrected chi connectivity index (χ0v) is 20.2. The van der Waals surface area contributed by atoms with E-state index in [9.17, 15) is 0 Å². The molecule has 1 aliphatic carbocycles. The van der Waals surface area contributed by atoms with Crippen molar-refractivity contribution in [2.24, 2.45) is 0 Å². The van der Waals surface area contributed by atoms with Crippen molar-refractivity contribution in [3.63, 3.8) is 0 Å². The van der Waals surface area contributed by atoms with Crippen molar-refractivity contribution in [3.05, 3.63) is 131 Å². The third kappa shape index (κ3) is 3.18. The van der Waals surface area contributed by atoms with E-state index in [1.165, 1.54) is 38.9 Å². The minimum Gasteiger partial charge on any atom is -0.295 e. The molecule has 33 heavy (non-hydrogen) atoms. The van der Waals surface area contributed by atoms with Crippen LogP contribution < -0.4 is 0 Å². The van der Waals surface area contributed by atoms with Gasteiger partial charge < -0.3 is 0 Å². The van der Waals surface area contributed by atoms with Gasteiger partial charge in [-0.05, 0) is 65.9 Å². The van der Waals surface area contributed by atoms with E-state index in [2.05, 4.69) is 136 Å². The highest BCUT2D eigenvalue weighted by atomic mass is 15.2. The zero-order valence-electron chi connectivity index (χ0n) is 20.2. The fourth-order valence-electron chi connectivity index (χ4n) is 6.02. The molecule has 0 aliphatic heterocycles. The molecule has 0 spiro atoms. The quantitative estimate of drug-likeness (QED) is 0.267. The van der Waals surface area contributed by atoms with Gasteiger partial charge in [0.15, 0.2) is 0 Å². The monoisotopic (exact) mass is 431 g/mol. The van der Waals surface area contributed by atoms with Crippen LogP contribution in [0.25, 0.3) is 11.1 Å². The molecule has 0 saturated heterocycles. The summed E-state index contributed by atoms with van der Waals surface area (Å²) in [6.07, 6.45) is 0. The molecule has 1 nitrogen and oxygen atoms in total. The van der Waals surface area contributed by atoms with Crippen LogP contribution in [0.4, 0.5) is 0 Å². The van der Waals surface area contributed by atoms with Gasteiger partial charge in [0.25, 0.3) is 0 Å². The summed E-state index contributed by atoms with van der Waals surface area (Å²) in [4.78, 5) is 2.55. The molecule has 4 aromatic carbocycles. The number of rotatable bonds is 6.